The van der Waals surface area contributed by atoms with Crippen molar-refractivity contribution in [1.82, 2.24) is 5.43 Å². The molecule has 8 nitrogen and oxygen atoms in total. The van der Waals surface area contributed by atoms with Crippen LogP contribution in [0, 0.1) is 6.92 Å². The van der Waals surface area contributed by atoms with Crippen LogP contribution < -0.4 is 15.1 Å². The lowest BCUT2D eigenvalue weighted by Crippen LogP contribution is -2.39. The molecule has 3 amide bonds. The summed E-state index contributed by atoms with van der Waals surface area (Å²) in [4.78, 5) is 39.4. The molecule has 0 saturated carbocycles. The molecule has 0 radical (unpaired) electrons. The highest BCUT2D eigenvalue weighted by atomic mass is 35.5. The maximum atomic E-state index is 13.1. The molecule has 0 heterocycles. The van der Waals surface area contributed by atoms with Crippen LogP contribution in [0.5, 0.6) is 11.5 Å². The number of aryl methyl sites for hydroxylation is 1. The van der Waals surface area contributed by atoms with E-state index >= 15 is 0 Å². The third-order valence-electron chi connectivity index (χ3n) is 4.75. The van der Waals surface area contributed by atoms with Gasteiger partial charge in [-0.25, -0.2) is 10.3 Å². The van der Waals surface area contributed by atoms with Gasteiger partial charge in [0.25, 0.3) is 5.91 Å². The zero-order valence-electron chi connectivity index (χ0n) is 18.5. The van der Waals surface area contributed by atoms with Crippen LogP contribution in [0.3, 0.4) is 0 Å². The smallest absolute Gasteiger partial charge is 0.265 e. The fourth-order valence-corrected chi connectivity index (χ4v) is 3.13. The van der Waals surface area contributed by atoms with Crippen LogP contribution in [0.1, 0.15) is 27.9 Å². The number of aromatic hydroxyl groups is 1. The van der Waals surface area contributed by atoms with Crippen molar-refractivity contribution in [3.63, 3.8) is 0 Å². The Morgan fingerprint density at radius 1 is 1.06 bits per heavy atom. The summed E-state index contributed by atoms with van der Waals surface area (Å²) in [5, 5.41) is 13.9. The van der Waals surface area contributed by atoms with Crippen LogP contribution in [-0.4, -0.2) is 36.2 Å². The molecule has 0 spiro atoms. The second kappa shape index (κ2) is 11.1. The molecule has 0 saturated heterocycles. The van der Waals surface area contributed by atoms with Gasteiger partial charge < -0.3 is 9.84 Å². The molecule has 3 rings (SSSR count). The maximum Gasteiger partial charge on any atom is 0.265 e. The molecule has 0 aliphatic rings. The molecule has 3 aromatic carbocycles. The summed E-state index contributed by atoms with van der Waals surface area (Å²) in [5.74, 6) is -1.79. The van der Waals surface area contributed by atoms with Gasteiger partial charge in [0.2, 0.25) is 11.8 Å². The number of imide groups is 1. The fraction of sp³-hybridized carbons (Fsp3) is 0.120. The third kappa shape index (κ3) is 6.20. The first-order valence-corrected chi connectivity index (χ1v) is 10.5. The van der Waals surface area contributed by atoms with Crippen LogP contribution in [-0.2, 0) is 9.59 Å². The van der Waals surface area contributed by atoms with Gasteiger partial charge in [0, 0.05) is 10.6 Å². The Hall–Kier alpha value is -4.17. The summed E-state index contributed by atoms with van der Waals surface area (Å²) in [6.07, 6.45) is 0.727. The number of ether oxygens (including phenoxy) is 1. The summed E-state index contributed by atoms with van der Waals surface area (Å²) >= 11 is 5.90. The lowest BCUT2D eigenvalue weighted by molar-refractivity contribution is -0.127. The summed E-state index contributed by atoms with van der Waals surface area (Å²) in [5.41, 5.74) is 4.36. The predicted octanol–water partition coefficient (Wildman–Crippen LogP) is 4.08. The van der Waals surface area contributed by atoms with Crippen molar-refractivity contribution in [2.45, 2.75) is 13.3 Å². The second-order valence-electron chi connectivity index (χ2n) is 7.28. The molecule has 9 heteroatoms. The highest BCUT2D eigenvalue weighted by molar-refractivity contribution is 6.31. The van der Waals surface area contributed by atoms with Crippen molar-refractivity contribution < 1.29 is 24.2 Å². The van der Waals surface area contributed by atoms with Crippen LogP contribution in [0.25, 0.3) is 0 Å². The number of benzene rings is 3. The molecule has 0 aliphatic heterocycles. The Kier molecular flexibility index (Phi) is 8.00. The molecular formula is C25H22ClN3O5. The minimum atomic E-state index is -0.720. The Labute approximate surface area is 201 Å². The monoisotopic (exact) mass is 479 g/mol. The van der Waals surface area contributed by atoms with E-state index in [1.165, 1.54) is 37.6 Å². The van der Waals surface area contributed by atoms with Gasteiger partial charge in [-0.2, -0.15) is 5.10 Å². The lowest BCUT2D eigenvalue weighted by Gasteiger charge is -2.21. The number of phenols is 1. The summed E-state index contributed by atoms with van der Waals surface area (Å²) in [6.45, 7) is 1.88. The van der Waals surface area contributed by atoms with E-state index in [1.807, 2.05) is 6.92 Å². The van der Waals surface area contributed by atoms with E-state index in [9.17, 15) is 19.5 Å². The molecule has 0 bridgehead atoms. The molecule has 0 atom stereocenters. The molecule has 0 fully saturated rings. The van der Waals surface area contributed by atoms with E-state index < -0.39 is 24.1 Å². The maximum absolute atomic E-state index is 13.1. The van der Waals surface area contributed by atoms with E-state index in [0.29, 0.717) is 16.3 Å². The van der Waals surface area contributed by atoms with Gasteiger partial charge in [-0.1, -0.05) is 29.3 Å². The number of anilines is 1. The van der Waals surface area contributed by atoms with Crippen molar-refractivity contribution >= 4 is 41.2 Å². The first-order valence-electron chi connectivity index (χ1n) is 10.2. The number of hydrazone groups is 1. The van der Waals surface area contributed by atoms with Gasteiger partial charge >= 0.3 is 0 Å². The minimum absolute atomic E-state index is 0.0316. The number of halogens is 1. The standard InChI is InChI=1S/C25H22ClN3O5/c1-16-3-10-20(11-4-16)29(25(33)18-6-8-19(26)9-7-18)24(32)14-23(31)28-27-15-17-5-12-21(30)22(13-17)34-2/h3-13,15,30H,14H2,1-2H3,(H,28,31)/b27-15+. The van der Waals surface area contributed by atoms with Gasteiger partial charge in [-0.05, 0) is 67.1 Å². The largest absolute Gasteiger partial charge is 0.504 e. The van der Waals surface area contributed by atoms with Gasteiger partial charge in [0.05, 0.1) is 19.0 Å². The summed E-state index contributed by atoms with van der Waals surface area (Å²) in [7, 11) is 1.41. The van der Waals surface area contributed by atoms with Gasteiger partial charge in [-0.3, -0.25) is 14.4 Å². The topological polar surface area (TPSA) is 108 Å². The number of nitrogens with zero attached hydrogens (tertiary/aromatic N) is 2. The number of carbonyl (C=O) groups is 3. The summed E-state index contributed by atoms with van der Waals surface area (Å²) in [6, 6.07) is 17.4. The van der Waals surface area contributed by atoms with Gasteiger partial charge in [0.15, 0.2) is 11.5 Å². The van der Waals surface area contributed by atoms with Gasteiger partial charge in [-0.15, -0.1) is 0 Å². The lowest BCUT2D eigenvalue weighted by atomic mass is 10.1. The quantitative estimate of drug-likeness (QED) is 0.301. The van der Waals surface area contributed by atoms with E-state index in [0.717, 1.165) is 10.5 Å². The number of rotatable bonds is 7. The average molecular weight is 480 g/mol. The third-order valence-corrected chi connectivity index (χ3v) is 5.01. The van der Waals surface area contributed by atoms with Crippen molar-refractivity contribution in [2.24, 2.45) is 5.10 Å². The highest BCUT2D eigenvalue weighted by Crippen LogP contribution is 2.25. The number of nitrogens with one attached hydrogen (secondary N) is 1. The number of phenolic OH excluding ortho intramolecular Hbond substituents is 1. The first kappa shape index (κ1) is 24.5. The normalized spacial score (nSPS) is 10.7. The second-order valence-corrected chi connectivity index (χ2v) is 7.71. The van der Waals surface area contributed by atoms with Crippen molar-refractivity contribution in [1.29, 1.82) is 0 Å². The van der Waals surface area contributed by atoms with Gasteiger partial charge in [0.1, 0.15) is 6.42 Å². The molecular weight excluding hydrogens is 458 g/mol. The Balaban J connectivity index is 1.74. The number of hydrogen-bond donors (Lipinski definition) is 2. The molecule has 0 unspecified atom stereocenters. The number of hydrogen-bond acceptors (Lipinski definition) is 6. The van der Waals surface area contributed by atoms with Crippen LogP contribution in [0.4, 0.5) is 5.69 Å². The van der Waals surface area contributed by atoms with Crippen molar-refractivity contribution in [2.75, 3.05) is 12.0 Å². The van der Waals surface area contributed by atoms with E-state index in [2.05, 4.69) is 10.5 Å². The van der Waals surface area contributed by atoms with E-state index in [4.69, 9.17) is 16.3 Å². The van der Waals surface area contributed by atoms with E-state index in [1.54, 1.807) is 42.5 Å². The molecule has 174 valence electrons. The Bertz CT molecular complexity index is 1220. The Morgan fingerprint density at radius 2 is 1.74 bits per heavy atom. The molecule has 0 aliphatic carbocycles. The summed E-state index contributed by atoms with van der Waals surface area (Å²) < 4.78 is 5.02. The van der Waals surface area contributed by atoms with E-state index in [-0.39, 0.29) is 17.1 Å². The number of methoxy groups -OCH3 is 1. The van der Waals surface area contributed by atoms with Crippen LogP contribution in [0.2, 0.25) is 5.02 Å². The van der Waals surface area contributed by atoms with Crippen molar-refractivity contribution in [3.8, 4) is 11.5 Å². The molecule has 0 aromatic heterocycles. The molecule has 34 heavy (non-hydrogen) atoms. The molecule has 2 N–H and O–H groups in total. The van der Waals surface area contributed by atoms with Crippen LogP contribution >= 0.6 is 11.6 Å². The number of amides is 3. The zero-order chi connectivity index (χ0) is 24.7. The highest BCUT2D eigenvalue weighted by Gasteiger charge is 2.26. The minimum Gasteiger partial charge on any atom is -0.504 e. The zero-order valence-corrected chi connectivity index (χ0v) is 19.2. The van der Waals surface area contributed by atoms with Crippen LogP contribution in [0.15, 0.2) is 71.8 Å². The molecule has 3 aromatic rings. The van der Waals surface area contributed by atoms with Crippen molar-refractivity contribution in [3.05, 3.63) is 88.4 Å². The first-order chi connectivity index (χ1) is 16.3. The number of carbonyl (C=O) groups excluding carboxylic acids is 3. The Morgan fingerprint density at radius 3 is 2.38 bits per heavy atom. The fourth-order valence-electron chi connectivity index (χ4n) is 3.00. The predicted molar refractivity (Wildman–Crippen MR) is 129 cm³/mol. The average Bonchev–Trinajstić information content (AvgIpc) is 2.82. The SMILES string of the molecule is COc1cc(/C=N/NC(=O)CC(=O)N(C(=O)c2ccc(Cl)cc2)c2ccc(C)cc2)ccc1O.